The molecule has 0 fully saturated rings. The summed E-state index contributed by atoms with van der Waals surface area (Å²) >= 11 is 0. The van der Waals surface area contributed by atoms with Crippen molar-refractivity contribution in [2.24, 2.45) is 0 Å². The van der Waals surface area contributed by atoms with Crippen molar-refractivity contribution in [3.63, 3.8) is 0 Å². The summed E-state index contributed by atoms with van der Waals surface area (Å²) in [6.07, 6.45) is -1.53. The van der Waals surface area contributed by atoms with E-state index in [1.807, 2.05) is 0 Å². The minimum Gasteiger partial charge on any atom is -0.454 e. The van der Waals surface area contributed by atoms with Gasteiger partial charge in [0.15, 0.2) is 5.75 Å². The monoisotopic (exact) mass is 272 g/mol. The number of hydrogen-bond acceptors (Lipinski definition) is 3. The molecule has 0 unspecified atom stereocenters. The van der Waals surface area contributed by atoms with Gasteiger partial charge in [0.1, 0.15) is 5.75 Å². The van der Waals surface area contributed by atoms with E-state index in [-0.39, 0.29) is 12.4 Å². The molecule has 1 N–H and O–H groups in total. The Morgan fingerprint density at radius 1 is 1.26 bits per heavy atom. The Morgan fingerprint density at radius 2 is 2.05 bits per heavy atom. The van der Waals surface area contributed by atoms with Crippen molar-refractivity contribution in [1.82, 2.24) is 9.78 Å². The van der Waals surface area contributed by atoms with E-state index in [2.05, 4.69) is 5.10 Å². The first-order chi connectivity index (χ1) is 8.99. The quantitative estimate of drug-likeness (QED) is 0.930. The van der Waals surface area contributed by atoms with Crippen LogP contribution in [0, 0.1) is 0 Å². The molecule has 0 spiro atoms. The van der Waals surface area contributed by atoms with Gasteiger partial charge in [-0.25, -0.2) is 0 Å². The molecule has 0 aliphatic rings. The fourth-order valence-corrected chi connectivity index (χ4v) is 1.49. The molecular formula is C12H11F3N2O2. The van der Waals surface area contributed by atoms with Crippen molar-refractivity contribution in [3.05, 3.63) is 42.2 Å². The van der Waals surface area contributed by atoms with E-state index in [0.29, 0.717) is 12.3 Å². The van der Waals surface area contributed by atoms with Crippen molar-refractivity contribution in [2.75, 3.05) is 6.61 Å². The molecule has 1 aromatic heterocycles. The number of alkyl halides is 3. The van der Waals surface area contributed by atoms with Gasteiger partial charge in [0, 0.05) is 0 Å². The molecule has 0 radical (unpaired) electrons. The lowest BCUT2D eigenvalue weighted by Gasteiger charge is -2.08. The number of benzene rings is 1. The highest BCUT2D eigenvalue weighted by Crippen LogP contribution is 2.32. The van der Waals surface area contributed by atoms with E-state index in [1.165, 1.54) is 29.2 Å². The molecule has 4 nitrogen and oxygen atoms in total. The van der Waals surface area contributed by atoms with Crippen LogP contribution in [0.4, 0.5) is 13.2 Å². The molecule has 0 atom stereocenters. The van der Waals surface area contributed by atoms with Gasteiger partial charge in [0.25, 0.3) is 0 Å². The number of aliphatic hydroxyl groups excluding tert-OH is 1. The number of ether oxygens (including phenoxy) is 1. The molecule has 0 saturated carbocycles. The molecule has 0 amide bonds. The Balaban J connectivity index is 2.14. The molecule has 1 aromatic carbocycles. The zero-order chi connectivity index (χ0) is 13.9. The Morgan fingerprint density at radius 3 is 2.74 bits per heavy atom. The van der Waals surface area contributed by atoms with Gasteiger partial charge in [-0.15, -0.1) is 0 Å². The lowest BCUT2D eigenvalue weighted by atomic mass is 10.2. The first-order valence-electron chi connectivity index (χ1n) is 5.47. The Kier molecular flexibility index (Phi) is 3.75. The first kappa shape index (κ1) is 13.4. The molecule has 7 heteroatoms. The highest BCUT2D eigenvalue weighted by molar-refractivity contribution is 5.33. The zero-order valence-electron chi connectivity index (χ0n) is 9.76. The van der Waals surface area contributed by atoms with Crippen LogP contribution in [0.1, 0.15) is 5.56 Å². The minimum absolute atomic E-state index is 0.0787. The third kappa shape index (κ3) is 3.47. The first-order valence-corrected chi connectivity index (χ1v) is 5.47. The summed E-state index contributed by atoms with van der Waals surface area (Å²) in [5.41, 5.74) is -0.771. The van der Waals surface area contributed by atoms with Crippen molar-refractivity contribution < 1.29 is 23.0 Å². The maximum atomic E-state index is 12.5. The highest BCUT2D eigenvalue weighted by atomic mass is 19.4. The second kappa shape index (κ2) is 5.31. The van der Waals surface area contributed by atoms with Crippen LogP contribution >= 0.6 is 0 Å². The molecule has 2 rings (SSSR count). The number of halogens is 3. The van der Waals surface area contributed by atoms with Gasteiger partial charge >= 0.3 is 6.18 Å². The summed E-state index contributed by atoms with van der Waals surface area (Å²) in [5.74, 6) is 0.395. The van der Waals surface area contributed by atoms with Gasteiger partial charge in [-0.3, -0.25) is 4.68 Å². The number of nitrogens with zero attached hydrogens (tertiary/aromatic N) is 2. The van der Waals surface area contributed by atoms with Crippen LogP contribution in [0.2, 0.25) is 0 Å². The van der Waals surface area contributed by atoms with Crippen molar-refractivity contribution >= 4 is 0 Å². The van der Waals surface area contributed by atoms with Crippen LogP contribution in [0.25, 0.3) is 0 Å². The molecule has 0 bridgehead atoms. The second-order valence-electron chi connectivity index (χ2n) is 3.79. The fourth-order valence-electron chi connectivity index (χ4n) is 1.49. The molecule has 19 heavy (non-hydrogen) atoms. The third-order valence-corrected chi connectivity index (χ3v) is 2.34. The molecule has 2 aromatic rings. The van der Waals surface area contributed by atoms with Crippen LogP contribution in [0.15, 0.2) is 36.7 Å². The summed E-state index contributed by atoms with van der Waals surface area (Å²) in [6, 6.07) is 4.60. The summed E-state index contributed by atoms with van der Waals surface area (Å²) < 4.78 is 44.2. The Bertz CT molecular complexity index is 552. The van der Waals surface area contributed by atoms with E-state index in [1.54, 1.807) is 0 Å². The summed E-state index contributed by atoms with van der Waals surface area (Å²) in [4.78, 5) is 0. The van der Waals surface area contributed by atoms with Crippen LogP contribution in [0.3, 0.4) is 0 Å². The van der Waals surface area contributed by atoms with E-state index in [0.717, 1.165) is 12.1 Å². The van der Waals surface area contributed by atoms with Crippen LogP contribution in [0.5, 0.6) is 11.5 Å². The van der Waals surface area contributed by atoms with E-state index >= 15 is 0 Å². The Hall–Kier alpha value is -2.02. The molecular weight excluding hydrogens is 261 g/mol. The van der Waals surface area contributed by atoms with Gasteiger partial charge < -0.3 is 9.84 Å². The van der Waals surface area contributed by atoms with E-state index < -0.39 is 11.7 Å². The average molecular weight is 272 g/mol. The van der Waals surface area contributed by atoms with Crippen molar-refractivity contribution in [3.8, 4) is 11.5 Å². The lowest BCUT2D eigenvalue weighted by Crippen LogP contribution is -2.04. The summed E-state index contributed by atoms with van der Waals surface area (Å²) in [5, 5.41) is 12.6. The minimum atomic E-state index is -4.40. The topological polar surface area (TPSA) is 47.3 Å². The summed E-state index contributed by atoms with van der Waals surface area (Å²) in [7, 11) is 0. The fraction of sp³-hybridized carbons (Fsp3) is 0.250. The highest BCUT2D eigenvalue weighted by Gasteiger charge is 2.30. The molecule has 0 aliphatic heterocycles. The normalized spacial score (nSPS) is 11.6. The zero-order valence-corrected chi connectivity index (χ0v) is 9.76. The van der Waals surface area contributed by atoms with Gasteiger partial charge in [-0.1, -0.05) is 6.07 Å². The standard InChI is InChI=1S/C12H11F3N2O2/c13-12(14,15)9-2-1-3-10(6-9)19-11-7-16-17(8-11)4-5-18/h1-3,6-8,18H,4-5H2. The maximum Gasteiger partial charge on any atom is 0.416 e. The number of aliphatic hydroxyl groups is 1. The van der Waals surface area contributed by atoms with E-state index in [9.17, 15) is 13.2 Å². The predicted octanol–water partition coefficient (Wildman–Crippen LogP) is 2.69. The predicted molar refractivity (Wildman–Crippen MR) is 60.8 cm³/mol. The molecule has 0 saturated heterocycles. The Labute approximate surface area is 107 Å². The van der Waals surface area contributed by atoms with Gasteiger partial charge in [0.05, 0.1) is 31.1 Å². The number of aromatic nitrogens is 2. The van der Waals surface area contributed by atoms with Crippen molar-refractivity contribution in [2.45, 2.75) is 12.7 Å². The van der Waals surface area contributed by atoms with Crippen molar-refractivity contribution in [1.29, 1.82) is 0 Å². The van der Waals surface area contributed by atoms with Crippen LogP contribution in [-0.4, -0.2) is 21.5 Å². The number of hydrogen-bond donors (Lipinski definition) is 1. The molecule has 0 aliphatic carbocycles. The van der Waals surface area contributed by atoms with Gasteiger partial charge in [0.2, 0.25) is 0 Å². The van der Waals surface area contributed by atoms with Crippen LogP contribution < -0.4 is 4.74 Å². The molecule has 1 heterocycles. The van der Waals surface area contributed by atoms with Crippen LogP contribution in [-0.2, 0) is 12.7 Å². The van der Waals surface area contributed by atoms with Gasteiger partial charge in [-0.2, -0.15) is 18.3 Å². The summed E-state index contributed by atoms with van der Waals surface area (Å²) in [6.45, 7) is 0.219. The van der Waals surface area contributed by atoms with E-state index in [4.69, 9.17) is 9.84 Å². The largest absolute Gasteiger partial charge is 0.454 e. The molecule has 102 valence electrons. The lowest BCUT2D eigenvalue weighted by molar-refractivity contribution is -0.137. The van der Waals surface area contributed by atoms with Gasteiger partial charge in [-0.05, 0) is 18.2 Å². The third-order valence-electron chi connectivity index (χ3n) is 2.34. The number of rotatable bonds is 4. The second-order valence-corrected chi connectivity index (χ2v) is 3.79. The SMILES string of the molecule is OCCn1cc(Oc2cccc(C(F)(F)F)c2)cn1. The maximum absolute atomic E-state index is 12.5. The average Bonchev–Trinajstić information content (AvgIpc) is 2.76. The smallest absolute Gasteiger partial charge is 0.416 e.